The first kappa shape index (κ1) is 12.7. The smallest absolute Gasteiger partial charge is 0.0440 e. The SMILES string of the molecule is NCCc1ccccc1N(Cc1ccsc1)C1CC1. The summed E-state index contributed by atoms with van der Waals surface area (Å²) >= 11 is 1.78. The molecule has 19 heavy (non-hydrogen) atoms. The fourth-order valence-corrected chi connectivity index (χ4v) is 3.19. The van der Waals surface area contributed by atoms with Crippen molar-refractivity contribution in [1.82, 2.24) is 0 Å². The van der Waals surface area contributed by atoms with Crippen LogP contribution in [0.5, 0.6) is 0 Å². The molecule has 1 aliphatic carbocycles. The van der Waals surface area contributed by atoms with E-state index < -0.39 is 0 Å². The van der Waals surface area contributed by atoms with Crippen LogP contribution < -0.4 is 10.6 Å². The van der Waals surface area contributed by atoms with Crippen LogP contribution in [-0.2, 0) is 13.0 Å². The van der Waals surface area contributed by atoms with Crippen molar-refractivity contribution in [3.8, 4) is 0 Å². The summed E-state index contributed by atoms with van der Waals surface area (Å²) in [5.74, 6) is 0. The summed E-state index contributed by atoms with van der Waals surface area (Å²) in [7, 11) is 0. The van der Waals surface area contributed by atoms with Gasteiger partial charge in [-0.1, -0.05) is 18.2 Å². The first-order valence-corrected chi connectivity index (χ1v) is 7.88. The monoisotopic (exact) mass is 272 g/mol. The van der Waals surface area contributed by atoms with E-state index in [0.717, 1.165) is 19.0 Å². The summed E-state index contributed by atoms with van der Waals surface area (Å²) in [5.41, 5.74) is 9.91. The second-order valence-electron chi connectivity index (χ2n) is 5.16. The highest BCUT2D eigenvalue weighted by Crippen LogP contribution is 2.35. The van der Waals surface area contributed by atoms with Crippen molar-refractivity contribution in [2.24, 2.45) is 5.73 Å². The van der Waals surface area contributed by atoms with Gasteiger partial charge in [0.05, 0.1) is 0 Å². The van der Waals surface area contributed by atoms with Crippen molar-refractivity contribution in [1.29, 1.82) is 0 Å². The summed E-state index contributed by atoms with van der Waals surface area (Å²) in [4.78, 5) is 2.56. The lowest BCUT2D eigenvalue weighted by atomic mass is 10.1. The highest BCUT2D eigenvalue weighted by atomic mass is 32.1. The van der Waals surface area contributed by atoms with Crippen molar-refractivity contribution >= 4 is 17.0 Å². The number of benzene rings is 1. The zero-order valence-corrected chi connectivity index (χ0v) is 11.9. The fourth-order valence-electron chi connectivity index (χ4n) is 2.53. The van der Waals surface area contributed by atoms with Crippen LogP contribution in [0.2, 0.25) is 0 Å². The number of anilines is 1. The largest absolute Gasteiger partial charge is 0.364 e. The molecule has 0 saturated heterocycles. The molecule has 2 nitrogen and oxygen atoms in total. The maximum absolute atomic E-state index is 5.74. The van der Waals surface area contributed by atoms with Gasteiger partial charge in [0.1, 0.15) is 0 Å². The van der Waals surface area contributed by atoms with Gasteiger partial charge in [-0.3, -0.25) is 0 Å². The lowest BCUT2D eigenvalue weighted by Gasteiger charge is -2.27. The standard InChI is InChI=1S/C16H20N2S/c17-9-7-14-3-1-2-4-16(14)18(15-5-6-15)11-13-8-10-19-12-13/h1-4,8,10,12,15H,5-7,9,11,17H2. The molecule has 3 heteroatoms. The summed E-state index contributed by atoms with van der Waals surface area (Å²) in [6.07, 6.45) is 3.60. The second kappa shape index (κ2) is 5.76. The molecule has 100 valence electrons. The Hall–Kier alpha value is -1.32. The van der Waals surface area contributed by atoms with Crippen LogP contribution in [0, 0.1) is 0 Å². The second-order valence-corrected chi connectivity index (χ2v) is 5.94. The normalized spacial score (nSPS) is 14.6. The lowest BCUT2D eigenvalue weighted by molar-refractivity contribution is 0.786. The summed E-state index contributed by atoms with van der Waals surface area (Å²) < 4.78 is 0. The molecule has 2 aromatic rings. The molecule has 1 fully saturated rings. The highest BCUT2D eigenvalue weighted by Gasteiger charge is 2.30. The minimum atomic E-state index is 0.716. The third-order valence-corrected chi connectivity index (χ3v) is 4.37. The number of nitrogens with two attached hydrogens (primary N) is 1. The molecule has 0 aliphatic heterocycles. The maximum atomic E-state index is 5.74. The number of para-hydroxylation sites is 1. The molecule has 0 amide bonds. The first-order valence-electron chi connectivity index (χ1n) is 6.94. The minimum Gasteiger partial charge on any atom is -0.364 e. The average molecular weight is 272 g/mol. The van der Waals surface area contributed by atoms with E-state index in [1.807, 2.05) is 0 Å². The Kier molecular flexibility index (Phi) is 3.85. The Morgan fingerprint density at radius 3 is 2.74 bits per heavy atom. The van der Waals surface area contributed by atoms with E-state index in [9.17, 15) is 0 Å². The van der Waals surface area contributed by atoms with Gasteiger partial charge < -0.3 is 10.6 Å². The van der Waals surface area contributed by atoms with Gasteiger partial charge in [-0.05, 0) is 59.8 Å². The lowest BCUT2D eigenvalue weighted by Crippen LogP contribution is -2.26. The van der Waals surface area contributed by atoms with E-state index in [4.69, 9.17) is 5.73 Å². The molecule has 2 N–H and O–H groups in total. The Morgan fingerprint density at radius 1 is 1.21 bits per heavy atom. The van der Waals surface area contributed by atoms with Crippen LogP contribution in [-0.4, -0.2) is 12.6 Å². The Balaban J connectivity index is 1.87. The van der Waals surface area contributed by atoms with Crippen LogP contribution in [0.4, 0.5) is 5.69 Å². The molecule has 0 atom stereocenters. The number of thiophene rings is 1. The summed E-state index contributed by atoms with van der Waals surface area (Å²) in [5, 5.41) is 4.41. The third kappa shape index (κ3) is 2.99. The fraction of sp³-hybridized carbons (Fsp3) is 0.375. The van der Waals surface area contributed by atoms with E-state index in [1.165, 1.54) is 29.7 Å². The molecule has 0 bridgehead atoms. The van der Waals surface area contributed by atoms with Crippen LogP contribution >= 0.6 is 11.3 Å². The summed E-state index contributed by atoms with van der Waals surface area (Å²) in [6.45, 7) is 1.74. The first-order chi connectivity index (χ1) is 9.38. The quantitative estimate of drug-likeness (QED) is 0.873. The molecule has 0 unspecified atom stereocenters. The van der Waals surface area contributed by atoms with E-state index in [2.05, 4.69) is 46.0 Å². The third-order valence-electron chi connectivity index (χ3n) is 3.64. The van der Waals surface area contributed by atoms with Gasteiger partial charge in [0.25, 0.3) is 0 Å². The predicted octanol–water partition coefficient (Wildman–Crippen LogP) is 3.42. The van der Waals surface area contributed by atoms with Crippen molar-refractivity contribution in [2.75, 3.05) is 11.4 Å². The molecular formula is C16H20N2S. The Bertz CT molecular complexity index is 517. The molecule has 1 aromatic carbocycles. The van der Waals surface area contributed by atoms with Gasteiger partial charge in [-0.25, -0.2) is 0 Å². The number of hydrogen-bond acceptors (Lipinski definition) is 3. The zero-order valence-electron chi connectivity index (χ0n) is 11.1. The van der Waals surface area contributed by atoms with E-state index in [1.54, 1.807) is 11.3 Å². The molecule has 3 rings (SSSR count). The van der Waals surface area contributed by atoms with Crippen molar-refractivity contribution in [3.05, 3.63) is 52.2 Å². The Labute approximate surface area is 118 Å². The van der Waals surface area contributed by atoms with Gasteiger partial charge in [-0.15, -0.1) is 0 Å². The molecule has 1 aliphatic rings. The van der Waals surface area contributed by atoms with Crippen molar-refractivity contribution in [3.63, 3.8) is 0 Å². The van der Waals surface area contributed by atoms with Crippen LogP contribution in [0.15, 0.2) is 41.1 Å². The number of hydrogen-bond donors (Lipinski definition) is 1. The number of rotatable bonds is 6. The Morgan fingerprint density at radius 2 is 2.05 bits per heavy atom. The molecular weight excluding hydrogens is 252 g/mol. The van der Waals surface area contributed by atoms with Gasteiger partial charge >= 0.3 is 0 Å². The molecule has 0 spiro atoms. The van der Waals surface area contributed by atoms with E-state index in [0.29, 0.717) is 6.54 Å². The van der Waals surface area contributed by atoms with Crippen LogP contribution in [0.25, 0.3) is 0 Å². The van der Waals surface area contributed by atoms with Crippen molar-refractivity contribution < 1.29 is 0 Å². The molecule has 1 saturated carbocycles. The zero-order chi connectivity index (χ0) is 13.1. The van der Waals surface area contributed by atoms with Crippen LogP contribution in [0.1, 0.15) is 24.0 Å². The molecule has 1 aromatic heterocycles. The number of nitrogens with zero attached hydrogens (tertiary/aromatic N) is 1. The predicted molar refractivity (Wildman–Crippen MR) is 82.7 cm³/mol. The average Bonchev–Trinajstić information content (AvgIpc) is 3.15. The molecule has 0 radical (unpaired) electrons. The van der Waals surface area contributed by atoms with Gasteiger partial charge in [0, 0.05) is 18.3 Å². The van der Waals surface area contributed by atoms with Gasteiger partial charge in [-0.2, -0.15) is 11.3 Å². The molecule has 1 heterocycles. The van der Waals surface area contributed by atoms with E-state index in [-0.39, 0.29) is 0 Å². The van der Waals surface area contributed by atoms with E-state index >= 15 is 0 Å². The topological polar surface area (TPSA) is 29.3 Å². The van der Waals surface area contributed by atoms with Crippen LogP contribution in [0.3, 0.4) is 0 Å². The van der Waals surface area contributed by atoms with Gasteiger partial charge in [0.15, 0.2) is 0 Å². The van der Waals surface area contributed by atoms with Gasteiger partial charge in [0.2, 0.25) is 0 Å². The summed E-state index contributed by atoms with van der Waals surface area (Å²) in [6, 6.07) is 11.7. The highest BCUT2D eigenvalue weighted by molar-refractivity contribution is 7.07. The van der Waals surface area contributed by atoms with Crippen molar-refractivity contribution in [2.45, 2.75) is 31.8 Å². The minimum absolute atomic E-state index is 0.716. The maximum Gasteiger partial charge on any atom is 0.0440 e.